The van der Waals surface area contributed by atoms with E-state index in [2.05, 4.69) is 9.88 Å². The summed E-state index contributed by atoms with van der Waals surface area (Å²) in [6, 6.07) is 9.22. The van der Waals surface area contributed by atoms with Crippen LogP contribution in [0.2, 0.25) is 0 Å². The Morgan fingerprint density at radius 3 is 2.48 bits per heavy atom. The number of piperazine rings is 1. The van der Waals surface area contributed by atoms with E-state index < -0.39 is 6.04 Å². The molecule has 27 heavy (non-hydrogen) atoms. The maximum atomic E-state index is 13.3. The predicted octanol–water partition coefficient (Wildman–Crippen LogP) is 2.70. The lowest BCUT2D eigenvalue weighted by molar-refractivity contribution is -0.129. The van der Waals surface area contributed by atoms with Gasteiger partial charge in [0.1, 0.15) is 11.8 Å². The zero-order chi connectivity index (χ0) is 19.7. The molecule has 1 fully saturated rings. The van der Waals surface area contributed by atoms with Crippen molar-refractivity contribution in [2.45, 2.75) is 33.7 Å². The smallest absolute Gasteiger partial charge is 0.256 e. The van der Waals surface area contributed by atoms with Crippen LogP contribution in [-0.2, 0) is 4.79 Å². The molecule has 1 atom stereocenters. The molecule has 1 aromatic heterocycles. The maximum Gasteiger partial charge on any atom is 0.256 e. The molecule has 1 aliphatic heterocycles. The van der Waals surface area contributed by atoms with Crippen molar-refractivity contribution in [3.8, 4) is 11.4 Å². The van der Waals surface area contributed by atoms with E-state index in [1.54, 1.807) is 12.0 Å². The fourth-order valence-corrected chi connectivity index (χ4v) is 3.84. The average Bonchev–Trinajstić information content (AvgIpc) is 2.95. The molecule has 0 unspecified atom stereocenters. The fourth-order valence-electron chi connectivity index (χ4n) is 3.84. The van der Waals surface area contributed by atoms with Crippen LogP contribution < -0.4 is 10.1 Å². The van der Waals surface area contributed by atoms with Gasteiger partial charge in [0, 0.05) is 30.2 Å². The van der Waals surface area contributed by atoms with Gasteiger partial charge >= 0.3 is 0 Å². The number of hydrogen-bond donors (Lipinski definition) is 1. The number of carbonyl (C=O) groups excluding carboxylic acids is 2. The molecule has 3 rings (SSSR count). The molecule has 0 spiro atoms. The first kappa shape index (κ1) is 19.0. The number of amides is 2. The van der Waals surface area contributed by atoms with E-state index in [1.807, 2.05) is 58.0 Å². The van der Waals surface area contributed by atoms with E-state index in [9.17, 15) is 9.59 Å². The molecule has 6 heteroatoms. The summed E-state index contributed by atoms with van der Waals surface area (Å²) in [5.41, 5.74) is 3.46. The Morgan fingerprint density at radius 1 is 1.22 bits per heavy atom. The molecular weight excluding hydrogens is 342 g/mol. The van der Waals surface area contributed by atoms with Gasteiger partial charge in [0.2, 0.25) is 5.91 Å². The van der Waals surface area contributed by atoms with Gasteiger partial charge in [-0.1, -0.05) is 13.8 Å². The van der Waals surface area contributed by atoms with Crippen LogP contribution in [0, 0.1) is 19.8 Å². The van der Waals surface area contributed by atoms with Gasteiger partial charge in [-0.2, -0.15) is 0 Å². The zero-order valence-electron chi connectivity index (χ0n) is 16.6. The summed E-state index contributed by atoms with van der Waals surface area (Å²) in [5, 5.41) is 2.87. The Balaban J connectivity index is 1.97. The molecule has 1 saturated heterocycles. The van der Waals surface area contributed by atoms with Crippen molar-refractivity contribution in [3.63, 3.8) is 0 Å². The highest BCUT2D eigenvalue weighted by Gasteiger charge is 2.36. The van der Waals surface area contributed by atoms with Gasteiger partial charge in [-0.15, -0.1) is 0 Å². The highest BCUT2D eigenvalue weighted by molar-refractivity contribution is 5.99. The highest BCUT2D eigenvalue weighted by Crippen LogP contribution is 2.25. The van der Waals surface area contributed by atoms with E-state index in [0.717, 1.165) is 22.8 Å². The van der Waals surface area contributed by atoms with Crippen LogP contribution >= 0.6 is 0 Å². The number of methoxy groups -OCH3 is 1. The number of aromatic nitrogens is 1. The van der Waals surface area contributed by atoms with Crippen molar-refractivity contribution in [2.75, 3.05) is 20.2 Å². The second kappa shape index (κ2) is 7.47. The van der Waals surface area contributed by atoms with Crippen molar-refractivity contribution >= 4 is 11.8 Å². The summed E-state index contributed by atoms with van der Waals surface area (Å²) in [7, 11) is 1.64. The van der Waals surface area contributed by atoms with Crippen LogP contribution in [-0.4, -0.2) is 47.5 Å². The molecule has 2 heterocycles. The number of carbonyl (C=O) groups is 2. The standard InChI is InChI=1S/C21H27N3O3/c1-13(2)19-20(25)22-10-11-23(19)21(26)18-12-14(3)24(15(18)4)16-6-8-17(27-5)9-7-16/h6-9,12-13,19H,10-11H2,1-5H3,(H,22,25)/t19-/m1/s1. The molecule has 1 aliphatic rings. The van der Waals surface area contributed by atoms with Crippen LogP contribution in [0.5, 0.6) is 5.75 Å². The summed E-state index contributed by atoms with van der Waals surface area (Å²) >= 11 is 0. The minimum absolute atomic E-state index is 0.0549. The minimum atomic E-state index is -0.435. The molecule has 144 valence electrons. The third-order valence-electron chi connectivity index (χ3n) is 5.14. The fraction of sp³-hybridized carbons (Fsp3) is 0.429. The number of rotatable bonds is 4. The number of ether oxygens (including phenoxy) is 1. The Morgan fingerprint density at radius 2 is 1.89 bits per heavy atom. The summed E-state index contributed by atoms with van der Waals surface area (Å²) in [6.07, 6.45) is 0. The first-order valence-electron chi connectivity index (χ1n) is 9.27. The molecule has 2 aromatic rings. The number of hydrogen-bond acceptors (Lipinski definition) is 3. The van der Waals surface area contributed by atoms with Gasteiger partial charge in [0.25, 0.3) is 5.91 Å². The lowest BCUT2D eigenvalue weighted by Crippen LogP contribution is -2.59. The zero-order valence-corrected chi connectivity index (χ0v) is 16.6. The molecule has 6 nitrogen and oxygen atoms in total. The molecule has 0 saturated carbocycles. The second-order valence-electron chi connectivity index (χ2n) is 7.30. The Hall–Kier alpha value is -2.76. The lowest BCUT2D eigenvalue weighted by Gasteiger charge is -2.37. The first-order valence-corrected chi connectivity index (χ1v) is 9.27. The largest absolute Gasteiger partial charge is 0.497 e. The molecule has 0 radical (unpaired) electrons. The van der Waals surface area contributed by atoms with E-state index in [0.29, 0.717) is 18.7 Å². The van der Waals surface area contributed by atoms with Crippen molar-refractivity contribution in [1.29, 1.82) is 0 Å². The van der Waals surface area contributed by atoms with Gasteiger partial charge in [0.05, 0.1) is 12.7 Å². The average molecular weight is 369 g/mol. The van der Waals surface area contributed by atoms with Gasteiger partial charge < -0.3 is 19.5 Å². The molecule has 2 amide bonds. The number of nitrogens with zero attached hydrogens (tertiary/aromatic N) is 2. The summed E-state index contributed by atoms with van der Waals surface area (Å²) < 4.78 is 7.28. The quantitative estimate of drug-likeness (QED) is 0.901. The van der Waals surface area contributed by atoms with Crippen molar-refractivity contribution in [1.82, 2.24) is 14.8 Å². The Bertz CT molecular complexity index is 852. The summed E-state index contributed by atoms with van der Waals surface area (Å²) in [6.45, 7) is 8.88. The van der Waals surface area contributed by atoms with Crippen LogP contribution in [0.25, 0.3) is 5.69 Å². The van der Waals surface area contributed by atoms with Crippen molar-refractivity contribution in [3.05, 3.63) is 47.3 Å². The molecule has 1 N–H and O–H groups in total. The van der Waals surface area contributed by atoms with Crippen molar-refractivity contribution in [2.24, 2.45) is 5.92 Å². The SMILES string of the molecule is COc1ccc(-n2c(C)cc(C(=O)N3CCNC(=O)[C@H]3C(C)C)c2C)cc1. The Labute approximate surface area is 160 Å². The van der Waals surface area contributed by atoms with Crippen LogP contribution in [0.4, 0.5) is 0 Å². The summed E-state index contributed by atoms with van der Waals surface area (Å²) in [4.78, 5) is 27.3. The maximum absolute atomic E-state index is 13.3. The van der Waals surface area contributed by atoms with Crippen LogP contribution in [0.15, 0.2) is 30.3 Å². The topological polar surface area (TPSA) is 63.6 Å². The third-order valence-corrected chi connectivity index (χ3v) is 5.14. The second-order valence-corrected chi connectivity index (χ2v) is 7.30. The monoisotopic (exact) mass is 369 g/mol. The van der Waals surface area contributed by atoms with E-state index >= 15 is 0 Å². The van der Waals surface area contributed by atoms with E-state index in [1.165, 1.54) is 0 Å². The highest BCUT2D eigenvalue weighted by atomic mass is 16.5. The minimum Gasteiger partial charge on any atom is -0.497 e. The predicted molar refractivity (Wildman–Crippen MR) is 104 cm³/mol. The summed E-state index contributed by atoms with van der Waals surface area (Å²) in [5.74, 6) is 0.681. The molecular formula is C21H27N3O3. The van der Waals surface area contributed by atoms with Crippen LogP contribution in [0.3, 0.4) is 0 Å². The first-order chi connectivity index (χ1) is 12.8. The van der Waals surface area contributed by atoms with Gasteiger partial charge in [-0.3, -0.25) is 9.59 Å². The molecule has 0 aliphatic carbocycles. The number of benzene rings is 1. The van der Waals surface area contributed by atoms with Gasteiger partial charge in [0.15, 0.2) is 0 Å². The van der Waals surface area contributed by atoms with Crippen LogP contribution in [0.1, 0.15) is 35.6 Å². The van der Waals surface area contributed by atoms with Crippen molar-refractivity contribution < 1.29 is 14.3 Å². The molecule has 1 aromatic carbocycles. The van der Waals surface area contributed by atoms with E-state index in [-0.39, 0.29) is 17.7 Å². The third kappa shape index (κ3) is 3.44. The normalized spacial score (nSPS) is 17.2. The number of aryl methyl sites for hydroxylation is 1. The lowest BCUT2D eigenvalue weighted by atomic mass is 9.98. The van der Waals surface area contributed by atoms with E-state index in [4.69, 9.17) is 4.74 Å². The van der Waals surface area contributed by atoms with Gasteiger partial charge in [-0.05, 0) is 50.1 Å². The number of nitrogens with one attached hydrogen (secondary N) is 1. The van der Waals surface area contributed by atoms with Gasteiger partial charge in [-0.25, -0.2) is 0 Å². The molecule has 0 bridgehead atoms. The Kier molecular flexibility index (Phi) is 5.26.